The third kappa shape index (κ3) is 2.96. The third-order valence-corrected chi connectivity index (χ3v) is 2.90. The summed E-state index contributed by atoms with van der Waals surface area (Å²) in [5.74, 6) is 0. The van der Waals surface area contributed by atoms with Gasteiger partial charge in [0.25, 0.3) is 0 Å². The second-order valence-electron chi connectivity index (χ2n) is 4.33. The summed E-state index contributed by atoms with van der Waals surface area (Å²) in [6, 6.07) is 8.54. The monoisotopic (exact) mass is 244 g/mol. The molecule has 2 rings (SSSR count). The lowest BCUT2D eigenvalue weighted by Crippen LogP contribution is -2.15. The van der Waals surface area contributed by atoms with Gasteiger partial charge < -0.3 is 5.32 Å². The summed E-state index contributed by atoms with van der Waals surface area (Å²) >= 11 is 0. The zero-order valence-corrected chi connectivity index (χ0v) is 11.1. The average molecular weight is 244 g/mol. The highest BCUT2D eigenvalue weighted by atomic mass is 15.4. The first-order chi connectivity index (χ1) is 8.85. The van der Waals surface area contributed by atoms with Gasteiger partial charge in [0.15, 0.2) is 0 Å². The summed E-state index contributed by atoms with van der Waals surface area (Å²) < 4.78 is 1.89. The molecule has 0 saturated carbocycles. The fourth-order valence-corrected chi connectivity index (χ4v) is 1.94. The van der Waals surface area contributed by atoms with Crippen molar-refractivity contribution >= 4 is 0 Å². The molecule has 0 aliphatic heterocycles. The minimum atomic E-state index is 0.792. The van der Waals surface area contributed by atoms with Gasteiger partial charge in [-0.15, -0.1) is 5.10 Å². The van der Waals surface area contributed by atoms with Gasteiger partial charge in [-0.05, 0) is 30.7 Å². The molecule has 1 aromatic heterocycles. The van der Waals surface area contributed by atoms with E-state index in [0.717, 1.165) is 30.9 Å². The Morgan fingerprint density at radius 1 is 1.17 bits per heavy atom. The summed E-state index contributed by atoms with van der Waals surface area (Å²) in [6.45, 7) is 6.02. The van der Waals surface area contributed by atoms with Crippen LogP contribution in [-0.4, -0.2) is 21.5 Å². The second-order valence-corrected chi connectivity index (χ2v) is 4.33. The molecule has 0 unspecified atom stereocenters. The number of benzene rings is 1. The Morgan fingerprint density at radius 2 is 1.94 bits per heavy atom. The van der Waals surface area contributed by atoms with Crippen molar-refractivity contribution in [1.82, 2.24) is 20.3 Å². The molecule has 96 valence electrons. The van der Waals surface area contributed by atoms with Crippen molar-refractivity contribution in [2.24, 2.45) is 0 Å². The van der Waals surface area contributed by atoms with Crippen molar-refractivity contribution in [3.8, 4) is 5.69 Å². The minimum Gasteiger partial charge on any atom is -0.311 e. The summed E-state index contributed by atoms with van der Waals surface area (Å²) in [7, 11) is 0. The van der Waals surface area contributed by atoms with Gasteiger partial charge in [-0.2, -0.15) is 0 Å². The van der Waals surface area contributed by atoms with Crippen molar-refractivity contribution in [2.75, 3.05) is 6.54 Å². The maximum atomic E-state index is 4.14. The van der Waals surface area contributed by atoms with Crippen LogP contribution >= 0.6 is 0 Å². The maximum absolute atomic E-state index is 4.14. The van der Waals surface area contributed by atoms with Crippen molar-refractivity contribution in [3.63, 3.8) is 0 Å². The molecule has 0 amide bonds. The van der Waals surface area contributed by atoms with Crippen molar-refractivity contribution in [3.05, 3.63) is 41.7 Å². The highest BCUT2D eigenvalue weighted by Crippen LogP contribution is 2.12. The van der Waals surface area contributed by atoms with Gasteiger partial charge in [0, 0.05) is 6.54 Å². The molecule has 0 spiro atoms. The second kappa shape index (κ2) is 6.31. The Bertz CT molecular complexity index is 473. The van der Waals surface area contributed by atoms with Gasteiger partial charge in [0.05, 0.1) is 17.6 Å². The first-order valence-corrected chi connectivity index (χ1v) is 6.54. The molecule has 0 bridgehead atoms. The third-order valence-electron chi connectivity index (χ3n) is 2.90. The molecule has 0 saturated heterocycles. The van der Waals surface area contributed by atoms with Crippen molar-refractivity contribution < 1.29 is 0 Å². The molecule has 0 atom stereocenters. The van der Waals surface area contributed by atoms with E-state index in [1.807, 2.05) is 10.9 Å². The van der Waals surface area contributed by atoms with Crippen molar-refractivity contribution in [1.29, 1.82) is 0 Å². The summed E-state index contributed by atoms with van der Waals surface area (Å²) in [5.41, 5.74) is 3.52. The molecule has 0 aliphatic carbocycles. The molecular formula is C14H20N4. The van der Waals surface area contributed by atoms with Gasteiger partial charge >= 0.3 is 0 Å². The number of aromatic nitrogens is 3. The van der Waals surface area contributed by atoms with E-state index in [1.54, 1.807) is 0 Å². The van der Waals surface area contributed by atoms with E-state index in [9.17, 15) is 0 Å². The van der Waals surface area contributed by atoms with E-state index in [2.05, 4.69) is 53.7 Å². The zero-order chi connectivity index (χ0) is 12.8. The van der Waals surface area contributed by atoms with Crippen LogP contribution in [0, 0.1) is 0 Å². The lowest BCUT2D eigenvalue weighted by molar-refractivity contribution is 0.672. The number of aryl methyl sites for hydroxylation is 1. The molecule has 1 heterocycles. The highest BCUT2D eigenvalue weighted by Gasteiger charge is 2.05. The lowest BCUT2D eigenvalue weighted by atomic mass is 10.1. The Kier molecular flexibility index (Phi) is 4.47. The van der Waals surface area contributed by atoms with Gasteiger partial charge in [0.2, 0.25) is 0 Å². The molecule has 4 nitrogen and oxygen atoms in total. The predicted octanol–water partition coefficient (Wildman–Crippen LogP) is 2.33. The Morgan fingerprint density at radius 3 is 2.61 bits per heavy atom. The summed E-state index contributed by atoms with van der Waals surface area (Å²) in [5, 5.41) is 11.4. The molecule has 4 heteroatoms. The van der Waals surface area contributed by atoms with Gasteiger partial charge in [-0.3, -0.25) is 0 Å². The number of rotatable bonds is 6. The Balaban J connectivity index is 2.17. The molecule has 2 aromatic rings. The van der Waals surface area contributed by atoms with E-state index in [4.69, 9.17) is 0 Å². The predicted molar refractivity (Wildman–Crippen MR) is 72.7 cm³/mol. The van der Waals surface area contributed by atoms with Gasteiger partial charge in [-0.1, -0.05) is 37.6 Å². The number of hydrogen-bond donors (Lipinski definition) is 1. The lowest BCUT2D eigenvalue weighted by Gasteiger charge is -2.07. The number of nitrogens with one attached hydrogen (secondary N) is 1. The van der Waals surface area contributed by atoms with Crippen LogP contribution in [0.15, 0.2) is 30.5 Å². The minimum absolute atomic E-state index is 0.792. The van der Waals surface area contributed by atoms with Gasteiger partial charge in [-0.25, -0.2) is 4.68 Å². The maximum Gasteiger partial charge on any atom is 0.0783 e. The standard InChI is InChI=1S/C14H20N4/c1-3-5-12-6-8-13(9-7-12)18-14(10-15-4-2)11-16-17-18/h6-9,11,15H,3-5,10H2,1-2H3. The molecule has 18 heavy (non-hydrogen) atoms. The van der Waals surface area contributed by atoms with Crippen LogP contribution < -0.4 is 5.32 Å². The van der Waals surface area contributed by atoms with E-state index < -0.39 is 0 Å². The van der Waals surface area contributed by atoms with E-state index in [0.29, 0.717) is 0 Å². The van der Waals surface area contributed by atoms with E-state index in [1.165, 1.54) is 12.0 Å². The quantitative estimate of drug-likeness (QED) is 0.848. The van der Waals surface area contributed by atoms with Crippen LogP contribution in [0.5, 0.6) is 0 Å². The van der Waals surface area contributed by atoms with Crippen LogP contribution in [0.1, 0.15) is 31.5 Å². The fourth-order valence-electron chi connectivity index (χ4n) is 1.94. The molecule has 1 aromatic carbocycles. The largest absolute Gasteiger partial charge is 0.311 e. The first-order valence-electron chi connectivity index (χ1n) is 6.54. The highest BCUT2D eigenvalue weighted by molar-refractivity contribution is 5.35. The smallest absolute Gasteiger partial charge is 0.0783 e. The normalized spacial score (nSPS) is 10.8. The van der Waals surface area contributed by atoms with Crippen molar-refractivity contribution in [2.45, 2.75) is 33.2 Å². The zero-order valence-electron chi connectivity index (χ0n) is 11.1. The topological polar surface area (TPSA) is 42.7 Å². The first kappa shape index (κ1) is 12.8. The Hall–Kier alpha value is -1.68. The van der Waals surface area contributed by atoms with Crippen LogP contribution in [0.2, 0.25) is 0 Å². The van der Waals surface area contributed by atoms with Gasteiger partial charge in [0.1, 0.15) is 0 Å². The molecule has 1 N–H and O–H groups in total. The van der Waals surface area contributed by atoms with Crippen LogP contribution in [-0.2, 0) is 13.0 Å². The molecule has 0 radical (unpaired) electrons. The van der Waals surface area contributed by atoms with Crippen LogP contribution in [0.3, 0.4) is 0 Å². The van der Waals surface area contributed by atoms with E-state index in [-0.39, 0.29) is 0 Å². The van der Waals surface area contributed by atoms with Crippen LogP contribution in [0.25, 0.3) is 5.69 Å². The fraction of sp³-hybridized carbons (Fsp3) is 0.429. The number of hydrogen-bond acceptors (Lipinski definition) is 3. The van der Waals surface area contributed by atoms with E-state index >= 15 is 0 Å². The average Bonchev–Trinajstić information content (AvgIpc) is 2.86. The molecule has 0 fully saturated rings. The van der Waals surface area contributed by atoms with Crippen LogP contribution in [0.4, 0.5) is 0 Å². The SMILES string of the molecule is CCCc1ccc(-n2nncc2CNCC)cc1. The Labute approximate surface area is 108 Å². The number of nitrogens with zero attached hydrogens (tertiary/aromatic N) is 3. The summed E-state index contributed by atoms with van der Waals surface area (Å²) in [6.07, 6.45) is 4.11. The molecular weight excluding hydrogens is 224 g/mol. The molecule has 0 aliphatic rings. The summed E-state index contributed by atoms with van der Waals surface area (Å²) in [4.78, 5) is 0.